The fraction of sp³-hybridized carbons (Fsp3) is 0.385. The highest BCUT2D eigenvalue weighted by Crippen LogP contribution is 2.31. The van der Waals surface area contributed by atoms with E-state index in [2.05, 4.69) is 44.3 Å². The number of hydrogen-bond acceptors (Lipinski definition) is 2. The second-order valence-electron chi connectivity index (χ2n) is 4.51. The Labute approximate surface area is 113 Å². The number of rotatable bonds is 2. The van der Waals surface area contributed by atoms with Crippen molar-refractivity contribution in [2.45, 2.75) is 31.9 Å². The molecular formula is C13H14BrNOS. The summed E-state index contributed by atoms with van der Waals surface area (Å²) in [6.07, 6.45) is 7.13. The SMILES string of the molecule is OC1CCCc2cn(Cc3sccc3Br)cc21. The van der Waals surface area contributed by atoms with Crippen molar-refractivity contribution < 1.29 is 5.11 Å². The molecule has 1 aliphatic carbocycles. The first-order chi connectivity index (χ1) is 8.24. The molecule has 0 fully saturated rings. The van der Waals surface area contributed by atoms with Crippen LogP contribution in [0.1, 0.15) is 34.9 Å². The zero-order chi connectivity index (χ0) is 11.8. The summed E-state index contributed by atoms with van der Waals surface area (Å²) < 4.78 is 3.37. The van der Waals surface area contributed by atoms with Crippen LogP contribution >= 0.6 is 27.3 Å². The van der Waals surface area contributed by atoms with Crippen LogP contribution in [0, 0.1) is 0 Å². The van der Waals surface area contributed by atoms with Crippen LogP contribution in [0.5, 0.6) is 0 Å². The second kappa shape index (κ2) is 4.59. The molecule has 90 valence electrons. The molecule has 0 amide bonds. The highest BCUT2D eigenvalue weighted by atomic mass is 79.9. The summed E-state index contributed by atoms with van der Waals surface area (Å²) in [6, 6.07) is 2.08. The molecule has 0 radical (unpaired) electrons. The molecule has 1 unspecified atom stereocenters. The van der Waals surface area contributed by atoms with Crippen molar-refractivity contribution in [3.8, 4) is 0 Å². The number of hydrogen-bond donors (Lipinski definition) is 1. The maximum Gasteiger partial charge on any atom is 0.0807 e. The maximum absolute atomic E-state index is 9.94. The standard InChI is InChI=1S/C13H14BrNOS/c14-11-4-5-17-13(11)8-15-6-9-2-1-3-12(16)10(9)7-15/h4-7,12,16H,1-3,8H2. The van der Waals surface area contributed by atoms with Crippen molar-refractivity contribution in [2.75, 3.05) is 0 Å². The summed E-state index contributed by atoms with van der Waals surface area (Å²) in [5.41, 5.74) is 2.44. The third kappa shape index (κ3) is 2.21. The Hall–Kier alpha value is -0.580. The molecule has 0 aromatic carbocycles. The molecule has 2 aromatic heterocycles. The minimum atomic E-state index is -0.258. The van der Waals surface area contributed by atoms with Gasteiger partial charge in [-0.25, -0.2) is 0 Å². The monoisotopic (exact) mass is 311 g/mol. The fourth-order valence-corrected chi connectivity index (χ4v) is 3.90. The van der Waals surface area contributed by atoms with Gasteiger partial charge in [-0.05, 0) is 52.2 Å². The van der Waals surface area contributed by atoms with E-state index < -0.39 is 0 Å². The van der Waals surface area contributed by atoms with Gasteiger partial charge in [0.2, 0.25) is 0 Å². The van der Waals surface area contributed by atoms with Crippen LogP contribution in [0.25, 0.3) is 0 Å². The zero-order valence-corrected chi connectivity index (χ0v) is 11.8. The van der Waals surface area contributed by atoms with Gasteiger partial charge in [0.25, 0.3) is 0 Å². The van der Waals surface area contributed by atoms with Gasteiger partial charge in [0.1, 0.15) is 0 Å². The quantitative estimate of drug-likeness (QED) is 0.898. The lowest BCUT2D eigenvalue weighted by Gasteiger charge is -2.16. The van der Waals surface area contributed by atoms with Gasteiger partial charge in [0.15, 0.2) is 0 Å². The van der Waals surface area contributed by atoms with Crippen molar-refractivity contribution >= 4 is 27.3 Å². The fourth-order valence-electron chi connectivity index (χ4n) is 2.42. The topological polar surface area (TPSA) is 25.2 Å². The lowest BCUT2D eigenvalue weighted by atomic mass is 9.93. The number of aliphatic hydroxyl groups is 1. The third-order valence-corrected chi connectivity index (χ3v) is 5.21. The molecule has 3 rings (SSSR count). The Morgan fingerprint density at radius 2 is 2.35 bits per heavy atom. The Bertz CT molecular complexity index is 531. The van der Waals surface area contributed by atoms with Gasteiger partial charge in [-0.3, -0.25) is 0 Å². The molecule has 2 nitrogen and oxygen atoms in total. The highest BCUT2D eigenvalue weighted by molar-refractivity contribution is 9.10. The molecule has 2 aromatic rings. The van der Waals surface area contributed by atoms with Gasteiger partial charge in [0.05, 0.1) is 12.6 Å². The van der Waals surface area contributed by atoms with E-state index in [1.54, 1.807) is 11.3 Å². The van der Waals surface area contributed by atoms with E-state index in [4.69, 9.17) is 0 Å². The Kier molecular flexibility index (Phi) is 3.11. The Balaban J connectivity index is 1.88. The molecule has 4 heteroatoms. The van der Waals surface area contributed by atoms with E-state index in [1.807, 2.05) is 0 Å². The third-order valence-electron chi connectivity index (χ3n) is 3.30. The lowest BCUT2D eigenvalue weighted by molar-refractivity contribution is 0.157. The molecular weight excluding hydrogens is 298 g/mol. The van der Waals surface area contributed by atoms with Crippen LogP contribution in [0.3, 0.4) is 0 Å². The second-order valence-corrected chi connectivity index (χ2v) is 6.37. The molecule has 0 saturated heterocycles. The van der Waals surface area contributed by atoms with Gasteiger partial charge in [-0.1, -0.05) is 0 Å². The molecule has 0 bridgehead atoms. The summed E-state index contributed by atoms with van der Waals surface area (Å²) in [5, 5.41) is 12.0. The van der Waals surface area contributed by atoms with E-state index in [1.165, 1.54) is 14.9 Å². The molecule has 0 spiro atoms. The predicted molar refractivity (Wildman–Crippen MR) is 73.5 cm³/mol. The molecule has 1 aliphatic rings. The van der Waals surface area contributed by atoms with Crippen molar-refractivity contribution in [3.63, 3.8) is 0 Å². The highest BCUT2D eigenvalue weighted by Gasteiger charge is 2.19. The van der Waals surface area contributed by atoms with Crippen LogP contribution in [0.2, 0.25) is 0 Å². The van der Waals surface area contributed by atoms with Crippen molar-refractivity contribution in [1.82, 2.24) is 4.57 Å². The van der Waals surface area contributed by atoms with Gasteiger partial charge in [-0.15, -0.1) is 11.3 Å². The van der Waals surface area contributed by atoms with E-state index in [0.717, 1.165) is 31.4 Å². The van der Waals surface area contributed by atoms with Crippen molar-refractivity contribution in [3.05, 3.63) is 44.3 Å². The Morgan fingerprint density at radius 3 is 3.06 bits per heavy atom. The average molecular weight is 312 g/mol. The first-order valence-electron chi connectivity index (χ1n) is 5.82. The zero-order valence-electron chi connectivity index (χ0n) is 9.40. The predicted octanol–water partition coefficient (Wildman–Crippen LogP) is 3.73. The summed E-state index contributed by atoms with van der Waals surface area (Å²) >= 11 is 5.32. The lowest BCUT2D eigenvalue weighted by Crippen LogP contribution is -2.05. The van der Waals surface area contributed by atoms with Crippen LogP contribution < -0.4 is 0 Å². The first kappa shape index (κ1) is 11.5. The maximum atomic E-state index is 9.94. The number of thiophene rings is 1. The van der Waals surface area contributed by atoms with Crippen LogP contribution in [-0.2, 0) is 13.0 Å². The van der Waals surface area contributed by atoms with Gasteiger partial charge in [-0.2, -0.15) is 0 Å². The number of fused-ring (bicyclic) bond motifs is 1. The minimum absolute atomic E-state index is 0.258. The largest absolute Gasteiger partial charge is 0.388 e. The molecule has 17 heavy (non-hydrogen) atoms. The van der Waals surface area contributed by atoms with Crippen LogP contribution in [0.4, 0.5) is 0 Å². The molecule has 2 heterocycles. The van der Waals surface area contributed by atoms with Gasteiger partial charge >= 0.3 is 0 Å². The normalized spacial score (nSPS) is 19.3. The minimum Gasteiger partial charge on any atom is -0.388 e. The number of nitrogens with zero attached hydrogens (tertiary/aromatic N) is 1. The van der Waals surface area contributed by atoms with Crippen molar-refractivity contribution in [1.29, 1.82) is 0 Å². The number of aromatic nitrogens is 1. The van der Waals surface area contributed by atoms with E-state index in [-0.39, 0.29) is 6.10 Å². The molecule has 1 N–H and O–H groups in total. The summed E-state index contributed by atoms with van der Waals surface area (Å²) in [7, 11) is 0. The molecule has 0 saturated carbocycles. The Morgan fingerprint density at radius 1 is 1.47 bits per heavy atom. The van der Waals surface area contributed by atoms with Gasteiger partial charge < -0.3 is 9.67 Å². The number of aliphatic hydroxyl groups excluding tert-OH is 1. The van der Waals surface area contributed by atoms with E-state index in [0.29, 0.717) is 0 Å². The number of halogens is 1. The van der Waals surface area contributed by atoms with Crippen molar-refractivity contribution in [2.24, 2.45) is 0 Å². The summed E-state index contributed by atoms with van der Waals surface area (Å²) in [5.74, 6) is 0. The smallest absolute Gasteiger partial charge is 0.0807 e. The summed E-state index contributed by atoms with van der Waals surface area (Å²) in [4.78, 5) is 1.33. The van der Waals surface area contributed by atoms with Crippen LogP contribution in [0.15, 0.2) is 28.3 Å². The molecule has 1 atom stereocenters. The van der Waals surface area contributed by atoms with Crippen LogP contribution in [-0.4, -0.2) is 9.67 Å². The van der Waals surface area contributed by atoms with Gasteiger partial charge in [0, 0.05) is 27.3 Å². The molecule has 0 aliphatic heterocycles. The van der Waals surface area contributed by atoms with E-state index in [9.17, 15) is 5.11 Å². The summed E-state index contributed by atoms with van der Waals surface area (Å²) in [6.45, 7) is 0.887. The first-order valence-corrected chi connectivity index (χ1v) is 7.50. The number of aryl methyl sites for hydroxylation is 1. The van der Waals surface area contributed by atoms with E-state index >= 15 is 0 Å². The average Bonchev–Trinajstić information content (AvgIpc) is 2.87.